The first-order valence-corrected chi connectivity index (χ1v) is 15.5. The van der Waals surface area contributed by atoms with Crippen LogP contribution in [0.25, 0.3) is 0 Å². The first-order chi connectivity index (χ1) is 19.6. The highest BCUT2D eigenvalue weighted by molar-refractivity contribution is 5.39. The number of hydrogen-bond acceptors (Lipinski definition) is 2. The Balaban J connectivity index is 1.90. The largest absolute Gasteiger partial charge is 0.393 e. The predicted octanol–water partition coefficient (Wildman–Crippen LogP) is 10.5. The van der Waals surface area contributed by atoms with Crippen LogP contribution in [0.5, 0.6) is 0 Å². The van der Waals surface area contributed by atoms with Crippen molar-refractivity contribution in [3.8, 4) is 0 Å². The maximum Gasteiger partial charge on any atom is 0.0585 e. The van der Waals surface area contributed by atoms with Gasteiger partial charge in [-0.1, -0.05) is 146 Å². The molecule has 0 radical (unpaired) electrons. The van der Waals surface area contributed by atoms with Crippen LogP contribution in [0.2, 0.25) is 0 Å². The topological polar surface area (TPSA) is 40.5 Å². The highest BCUT2D eigenvalue weighted by atomic mass is 16.3. The zero-order valence-corrected chi connectivity index (χ0v) is 28.0. The molecule has 0 aliphatic heterocycles. The van der Waals surface area contributed by atoms with Gasteiger partial charge in [0.1, 0.15) is 0 Å². The summed E-state index contributed by atoms with van der Waals surface area (Å²) in [4.78, 5) is 0. The molecule has 0 spiro atoms. The Bertz CT molecular complexity index is 1190. The van der Waals surface area contributed by atoms with Crippen LogP contribution in [0.15, 0.2) is 130 Å². The molecule has 0 saturated carbocycles. The molecule has 2 aliphatic rings. The van der Waals surface area contributed by atoms with Crippen LogP contribution in [0.1, 0.15) is 94.9 Å². The van der Waals surface area contributed by atoms with E-state index in [2.05, 4.69) is 154 Å². The average molecular weight is 569 g/mol. The Kier molecular flexibility index (Phi) is 13.5. The monoisotopic (exact) mass is 568 g/mol. The molecular weight excluding hydrogens is 512 g/mol. The number of aliphatic hydroxyl groups is 2. The van der Waals surface area contributed by atoms with E-state index in [0.29, 0.717) is 0 Å². The van der Waals surface area contributed by atoms with E-state index in [-0.39, 0.29) is 23.0 Å². The van der Waals surface area contributed by atoms with Gasteiger partial charge >= 0.3 is 0 Å². The van der Waals surface area contributed by atoms with E-state index >= 15 is 0 Å². The van der Waals surface area contributed by atoms with Gasteiger partial charge < -0.3 is 10.2 Å². The zero-order valence-electron chi connectivity index (χ0n) is 28.0. The van der Waals surface area contributed by atoms with Crippen molar-refractivity contribution in [2.75, 3.05) is 0 Å². The van der Waals surface area contributed by atoms with Gasteiger partial charge in [0.05, 0.1) is 12.2 Å². The first-order valence-electron chi connectivity index (χ1n) is 15.5. The molecule has 0 heterocycles. The summed E-state index contributed by atoms with van der Waals surface area (Å²) in [6, 6.07) is 0. The fourth-order valence-corrected chi connectivity index (χ4v) is 6.13. The van der Waals surface area contributed by atoms with E-state index in [9.17, 15) is 10.2 Å². The summed E-state index contributed by atoms with van der Waals surface area (Å²) in [6.07, 6.45) is 32.6. The molecule has 2 heteroatoms. The number of hydrogen-bond donors (Lipinski definition) is 2. The number of allylic oxidation sites excluding steroid dienone is 20. The molecule has 0 aromatic heterocycles. The molecule has 228 valence electrons. The summed E-state index contributed by atoms with van der Waals surface area (Å²) in [5.74, 6) is 0. The third-order valence-corrected chi connectivity index (χ3v) is 8.24. The lowest BCUT2D eigenvalue weighted by molar-refractivity contribution is 0.116. The van der Waals surface area contributed by atoms with Crippen molar-refractivity contribution in [3.63, 3.8) is 0 Å². The van der Waals surface area contributed by atoms with Gasteiger partial charge in [0, 0.05) is 0 Å². The van der Waals surface area contributed by atoms with Crippen molar-refractivity contribution in [1.29, 1.82) is 0 Å². The third kappa shape index (κ3) is 11.7. The van der Waals surface area contributed by atoms with Gasteiger partial charge in [-0.15, -0.1) is 0 Å². The second-order valence-electron chi connectivity index (χ2n) is 13.7. The third-order valence-electron chi connectivity index (χ3n) is 8.24. The first kappa shape index (κ1) is 35.3. The summed E-state index contributed by atoms with van der Waals surface area (Å²) in [7, 11) is 0. The molecule has 0 aromatic rings. The lowest BCUT2D eigenvalue weighted by Crippen LogP contribution is -2.28. The minimum Gasteiger partial charge on any atom is -0.393 e. The van der Waals surface area contributed by atoms with Crippen LogP contribution >= 0.6 is 0 Å². The Labute approximate surface area is 257 Å². The minimum absolute atomic E-state index is 0.00547. The summed E-state index contributed by atoms with van der Waals surface area (Å²) in [5.41, 5.74) is 10.1. The van der Waals surface area contributed by atoms with E-state index in [1.165, 1.54) is 44.6 Å². The summed E-state index contributed by atoms with van der Waals surface area (Å²) < 4.78 is 0. The molecule has 0 fully saturated rings. The predicted molar refractivity (Wildman–Crippen MR) is 184 cm³/mol. The second kappa shape index (κ2) is 16.1. The van der Waals surface area contributed by atoms with Gasteiger partial charge in [-0.2, -0.15) is 0 Å². The van der Waals surface area contributed by atoms with Crippen LogP contribution < -0.4 is 0 Å². The van der Waals surface area contributed by atoms with E-state index < -0.39 is 0 Å². The molecule has 0 saturated heterocycles. The fourth-order valence-electron chi connectivity index (χ4n) is 6.13. The zero-order chi connectivity index (χ0) is 31.5. The highest BCUT2D eigenvalue weighted by Gasteiger charge is 2.32. The van der Waals surface area contributed by atoms with Crippen molar-refractivity contribution >= 4 is 0 Å². The molecule has 2 aliphatic carbocycles. The van der Waals surface area contributed by atoms with E-state index in [4.69, 9.17) is 0 Å². The van der Waals surface area contributed by atoms with Gasteiger partial charge in [0.2, 0.25) is 0 Å². The lowest BCUT2D eigenvalue weighted by Gasteiger charge is -2.35. The lowest BCUT2D eigenvalue weighted by atomic mass is 9.71. The quantitative estimate of drug-likeness (QED) is 0.257. The molecular formula is C40H56O2. The van der Waals surface area contributed by atoms with Crippen LogP contribution in [0.3, 0.4) is 0 Å². The molecule has 0 amide bonds. The summed E-state index contributed by atoms with van der Waals surface area (Å²) in [6.45, 7) is 21.6. The second-order valence-corrected chi connectivity index (χ2v) is 13.7. The van der Waals surface area contributed by atoms with Crippen LogP contribution in [0, 0.1) is 10.8 Å². The van der Waals surface area contributed by atoms with Gasteiger partial charge in [-0.25, -0.2) is 0 Å². The smallest absolute Gasteiger partial charge is 0.0585 e. The average Bonchev–Trinajstić information content (AvgIpc) is 2.84. The Morgan fingerprint density at radius 1 is 0.548 bits per heavy atom. The SMILES string of the molecule is CC1=C(/C=C/C(C)=C/C=C/C(C)=C\C=C\C=C(C)\C=C\C=C(C)\C=C\C2=C(C)C[C@H](O)CC2(C)C)C(C)(C)C[C@H](O)C1. The van der Waals surface area contributed by atoms with Gasteiger partial charge in [0.15, 0.2) is 0 Å². The molecule has 0 aromatic carbocycles. The normalized spacial score (nSPS) is 25.0. The van der Waals surface area contributed by atoms with E-state index in [1.54, 1.807) is 0 Å². The van der Waals surface area contributed by atoms with Crippen molar-refractivity contribution in [3.05, 3.63) is 130 Å². The van der Waals surface area contributed by atoms with Crippen molar-refractivity contribution in [1.82, 2.24) is 0 Å². The Hall–Kier alpha value is -2.94. The van der Waals surface area contributed by atoms with E-state index in [0.717, 1.165) is 25.7 Å². The Morgan fingerprint density at radius 3 is 1.19 bits per heavy atom. The molecule has 2 N–H and O–H groups in total. The maximum absolute atomic E-state index is 10.1. The van der Waals surface area contributed by atoms with Crippen LogP contribution in [0.4, 0.5) is 0 Å². The van der Waals surface area contributed by atoms with Crippen LogP contribution in [-0.2, 0) is 0 Å². The van der Waals surface area contributed by atoms with Crippen molar-refractivity contribution in [2.45, 2.75) is 107 Å². The minimum atomic E-state index is -0.227. The van der Waals surface area contributed by atoms with Gasteiger partial charge in [-0.3, -0.25) is 0 Å². The molecule has 2 atom stereocenters. The van der Waals surface area contributed by atoms with E-state index in [1.807, 2.05) is 0 Å². The van der Waals surface area contributed by atoms with Gasteiger partial charge in [0.25, 0.3) is 0 Å². The highest BCUT2D eigenvalue weighted by Crippen LogP contribution is 2.42. The fraction of sp³-hybridized carbons (Fsp3) is 0.450. The maximum atomic E-state index is 10.1. The molecule has 0 bridgehead atoms. The molecule has 2 nitrogen and oxygen atoms in total. The molecule has 42 heavy (non-hydrogen) atoms. The van der Waals surface area contributed by atoms with Crippen LogP contribution in [-0.4, -0.2) is 22.4 Å². The summed E-state index contributed by atoms with van der Waals surface area (Å²) in [5, 5.41) is 20.2. The van der Waals surface area contributed by atoms with Crippen molar-refractivity contribution < 1.29 is 10.2 Å². The summed E-state index contributed by atoms with van der Waals surface area (Å²) >= 11 is 0. The van der Waals surface area contributed by atoms with Crippen molar-refractivity contribution in [2.24, 2.45) is 10.8 Å². The molecule has 2 rings (SSSR count). The molecule has 0 unspecified atom stereocenters. The number of aliphatic hydroxyl groups excluding tert-OH is 2. The van der Waals surface area contributed by atoms with Gasteiger partial charge in [-0.05, 0) is 89.2 Å². The standard InChI is InChI=1S/C40H56O2/c1-29(17-13-19-31(3)21-23-37-33(5)25-35(41)27-39(37,7)8)15-11-12-16-30(2)18-14-20-32(4)22-24-38-34(6)26-36(42)28-40(38,9)10/h11-24,35-36,41-42H,25-28H2,1-10H3/b12-11+,17-13+,18-14+,23-21+,24-22+,29-15-,30-16+,31-19+,32-20+/t35-,36+/m1/s1. The number of rotatable bonds is 10. The Morgan fingerprint density at radius 2 is 0.857 bits per heavy atom.